The van der Waals surface area contributed by atoms with Crippen LogP contribution in [-0.4, -0.2) is 32.0 Å². The number of hydrogen-bond donors (Lipinski definition) is 1. The molecule has 0 spiro atoms. The minimum atomic E-state index is -0.549. The van der Waals surface area contributed by atoms with Crippen LogP contribution in [0.2, 0.25) is 0 Å². The summed E-state index contributed by atoms with van der Waals surface area (Å²) in [7, 11) is 3.08. The smallest absolute Gasteiger partial charge is 0.363 e. The second-order valence-corrected chi connectivity index (χ2v) is 6.69. The van der Waals surface area contributed by atoms with E-state index in [2.05, 4.69) is 26.2 Å². The summed E-state index contributed by atoms with van der Waals surface area (Å²) >= 11 is 3.42. The molecule has 2 aromatic carbocycles. The van der Waals surface area contributed by atoms with E-state index < -0.39 is 5.97 Å². The fourth-order valence-electron chi connectivity index (χ4n) is 2.61. The van der Waals surface area contributed by atoms with Gasteiger partial charge >= 0.3 is 5.97 Å². The number of halogens is 1. The number of methoxy groups -OCH3 is 2. The number of nitrogens with one attached hydrogen (secondary N) is 1. The first-order chi connectivity index (χ1) is 13.4. The molecule has 1 aliphatic rings. The largest absolute Gasteiger partial charge is 0.493 e. The minimum Gasteiger partial charge on any atom is -0.493 e. The third-order valence-corrected chi connectivity index (χ3v) is 4.42. The molecule has 0 aromatic heterocycles. The number of ether oxygens (including phenoxy) is 3. The molecule has 0 atom stereocenters. The van der Waals surface area contributed by atoms with Crippen molar-refractivity contribution < 1.29 is 23.8 Å². The third-order valence-electron chi connectivity index (χ3n) is 3.83. The number of nitrogens with zero attached hydrogens (tertiary/aromatic N) is 1. The molecule has 144 valence electrons. The average Bonchev–Trinajstić information content (AvgIpc) is 3.01. The molecule has 1 amide bonds. The molecule has 28 heavy (non-hydrogen) atoms. The zero-order valence-corrected chi connectivity index (χ0v) is 17.0. The van der Waals surface area contributed by atoms with E-state index >= 15 is 0 Å². The van der Waals surface area contributed by atoms with E-state index in [1.807, 2.05) is 0 Å². The lowest BCUT2D eigenvalue weighted by Gasteiger charge is -2.10. The Balaban J connectivity index is 1.89. The molecule has 0 fully saturated rings. The van der Waals surface area contributed by atoms with Gasteiger partial charge in [-0.25, -0.2) is 9.79 Å². The van der Waals surface area contributed by atoms with Gasteiger partial charge in [-0.2, -0.15) is 0 Å². The van der Waals surface area contributed by atoms with Crippen molar-refractivity contribution in [2.75, 3.05) is 19.5 Å². The van der Waals surface area contributed by atoms with Crippen LogP contribution in [0.3, 0.4) is 0 Å². The number of cyclic esters (lactones) is 1. The first-order valence-electron chi connectivity index (χ1n) is 8.23. The van der Waals surface area contributed by atoms with Gasteiger partial charge in [-0.3, -0.25) is 4.79 Å². The normalized spacial score (nSPS) is 14.5. The maximum absolute atomic E-state index is 12.2. The molecule has 3 rings (SSSR count). The molecule has 0 aliphatic carbocycles. The van der Waals surface area contributed by atoms with Gasteiger partial charge in [0.05, 0.1) is 18.7 Å². The summed E-state index contributed by atoms with van der Waals surface area (Å²) < 4.78 is 16.6. The summed E-state index contributed by atoms with van der Waals surface area (Å²) in [6.45, 7) is 1.43. The van der Waals surface area contributed by atoms with Crippen LogP contribution in [-0.2, 0) is 14.3 Å². The summed E-state index contributed by atoms with van der Waals surface area (Å²) in [4.78, 5) is 27.6. The Morgan fingerprint density at radius 3 is 2.50 bits per heavy atom. The Morgan fingerprint density at radius 2 is 1.89 bits per heavy atom. The number of anilines is 1. The molecular weight excluding hydrogens is 428 g/mol. The molecule has 8 heteroatoms. The maximum atomic E-state index is 12.2. The number of carbonyl (C=O) groups is 2. The van der Waals surface area contributed by atoms with Crippen molar-refractivity contribution in [2.45, 2.75) is 6.92 Å². The maximum Gasteiger partial charge on any atom is 0.363 e. The molecule has 1 heterocycles. The standard InChI is InChI=1S/C20H17BrN2O5/c1-11(24)22-14-6-4-13(5-7-14)19-23-16(20(25)28-19)9-12-8-15(21)18(27-3)17(10-12)26-2/h4-10H,1-3H3,(H,22,24)/b16-9-. The Labute approximate surface area is 170 Å². The summed E-state index contributed by atoms with van der Waals surface area (Å²) in [5.74, 6) is 0.565. The zero-order chi connectivity index (χ0) is 20.3. The summed E-state index contributed by atoms with van der Waals surface area (Å²) in [5, 5.41) is 2.67. The molecule has 0 radical (unpaired) electrons. The van der Waals surface area contributed by atoms with Crippen LogP contribution in [0.1, 0.15) is 18.1 Å². The lowest BCUT2D eigenvalue weighted by atomic mass is 10.1. The van der Waals surface area contributed by atoms with Crippen LogP contribution in [0.25, 0.3) is 6.08 Å². The predicted octanol–water partition coefficient (Wildman–Crippen LogP) is 3.77. The number of carbonyl (C=O) groups excluding carboxylic acids is 2. The summed E-state index contributed by atoms with van der Waals surface area (Å²) in [5.41, 5.74) is 2.13. The molecular formula is C20H17BrN2O5. The van der Waals surface area contributed by atoms with Crippen molar-refractivity contribution in [1.29, 1.82) is 0 Å². The Kier molecular flexibility index (Phi) is 5.79. The fourth-order valence-corrected chi connectivity index (χ4v) is 3.23. The number of rotatable bonds is 5. The van der Waals surface area contributed by atoms with Crippen molar-refractivity contribution in [3.63, 3.8) is 0 Å². The molecule has 1 N–H and O–H groups in total. The number of amides is 1. The van der Waals surface area contributed by atoms with E-state index in [0.29, 0.717) is 32.8 Å². The van der Waals surface area contributed by atoms with E-state index in [9.17, 15) is 9.59 Å². The van der Waals surface area contributed by atoms with Gasteiger partial charge in [-0.15, -0.1) is 0 Å². The average molecular weight is 445 g/mol. The third kappa shape index (κ3) is 4.23. The van der Waals surface area contributed by atoms with Gasteiger partial charge in [0, 0.05) is 18.2 Å². The monoisotopic (exact) mass is 444 g/mol. The lowest BCUT2D eigenvalue weighted by Crippen LogP contribution is -2.07. The van der Waals surface area contributed by atoms with Crippen molar-refractivity contribution >= 4 is 45.5 Å². The Hall–Kier alpha value is -3.13. The topological polar surface area (TPSA) is 86.2 Å². The summed E-state index contributed by atoms with van der Waals surface area (Å²) in [6.07, 6.45) is 1.60. The van der Waals surface area contributed by atoms with E-state index in [0.717, 1.165) is 0 Å². The van der Waals surface area contributed by atoms with Crippen molar-refractivity contribution in [3.05, 3.63) is 57.7 Å². The van der Waals surface area contributed by atoms with Gasteiger partial charge in [-0.05, 0) is 64.0 Å². The van der Waals surface area contributed by atoms with Crippen LogP contribution in [0.15, 0.2) is 51.6 Å². The quantitative estimate of drug-likeness (QED) is 0.560. The van der Waals surface area contributed by atoms with Gasteiger partial charge in [0.25, 0.3) is 0 Å². The SMILES string of the molecule is COc1cc(/C=C2\N=C(c3ccc(NC(C)=O)cc3)OC2=O)cc(Br)c1OC. The van der Waals surface area contributed by atoms with Gasteiger partial charge in [0.15, 0.2) is 17.2 Å². The van der Waals surface area contributed by atoms with Crippen molar-refractivity contribution in [3.8, 4) is 11.5 Å². The van der Waals surface area contributed by atoms with Crippen molar-refractivity contribution in [2.24, 2.45) is 4.99 Å². The second kappa shape index (κ2) is 8.26. The van der Waals surface area contributed by atoms with E-state index in [-0.39, 0.29) is 17.5 Å². The van der Waals surface area contributed by atoms with Crippen molar-refractivity contribution in [1.82, 2.24) is 0 Å². The number of esters is 1. The van der Waals surface area contributed by atoms with Crippen LogP contribution < -0.4 is 14.8 Å². The first kappa shape index (κ1) is 19.6. The number of hydrogen-bond acceptors (Lipinski definition) is 6. The highest BCUT2D eigenvalue weighted by Gasteiger charge is 2.24. The molecule has 0 saturated heterocycles. The first-order valence-corrected chi connectivity index (χ1v) is 9.02. The molecule has 0 unspecified atom stereocenters. The molecule has 0 bridgehead atoms. The predicted molar refractivity (Wildman–Crippen MR) is 109 cm³/mol. The second-order valence-electron chi connectivity index (χ2n) is 5.83. The van der Waals surface area contributed by atoms with Gasteiger partial charge < -0.3 is 19.5 Å². The number of benzene rings is 2. The Morgan fingerprint density at radius 1 is 1.18 bits per heavy atom. The molecule has 7 nitrogen and oxygen atoms in total. The van der Waals surface area contributed by atoms with E-state index in [1.165, 1.54) is 14.0 Å². The zero-order valence-electron chi connectivity index (χ0n) is 15.4. The van der Waals surface area contributed by atoms with E-state index in [4.69, 9.17) is 14.2 Å². The van der Waals surface area contributed by atoms with Gasteiger partial charge in [-0.1, -0.05) is 0 Å². The van der Waals surface area contributed by atoms with Gasteiger partial charge in [0.1, 0.15) is 0 Å². The summed E-state index contributed by atoms with van der Waals surface area (Å²) in [6, 6.07) is 10.4. The molecule has 0 saturated carbocycles. The van der Waals surface area contributed by atoms with Gasteiger partial charge in [0.2, 0.25) is 11.8 Å². The lowest BCUT2D eigenvalue weighted by molar-refractivity contribution is -0.129. The molecule has 1 aliphatic heterocycles. The number of aliphatic imine (C=N–C) groups is 1. The van der Waals surface area contributed by atoms with Crippen LogP contribution in [0.5, 0.6) is 11.5 Å². The molecule has 2 aromatic rings. The van der Waals surface area contributed by atoms with E-state index in [1.54, 1.807) is 49.6 Å². The Bertz CT molecular complexity index is 996. The minimum absolute atomic E-state index is 0.163. The fraction of sp³-hybridized carbons (Fsp3) is 0.150. The highest BCUT2D eigenvalue weighted by atomic mass is 79.9. The highest BCUT2D eigenvalue weighted by Crippen LogP contribution is 2.37. The van der Waals surface area contributed by atoms with Crippen LogP contribution >= 0.6 is 15.9 Å². The van der Waals surface area contributed by atoms with Crippen LogP contribution in [0, 0.1) is 0 Å². The highest BCUT2D eigenvalue weighted by molar-refractivity contribution is 9.10. The van der Waals surface area contributed by atoms with Crippen LogP contribution in [0.4, 0.5) is 5.69 Å².